The molecule has 0 radical (unpaired) electrons. The molecule has 0 aliphatic heterocycles. The summed E-state index contributed by atoms with van der Waals surface area (Å²) in [6.45, 7) is 14.2. The standard InChI is InChI=1S/C18H36NO2/c1-6-14-19(5,7-2)15-12-10-8-9-11-13-16-21-18(20)17(3)4/h3,6-16H2,1-2,4-5H3/q+1. The number of carbonyl (C=O) groups excluding carboxylic acids is 1. The van der Waals surface area contributed by atoms with Gasteiger partial charge in [0.25, 0.3) is 0 Å². The van der Waals surface area contributed by atoms with Gasteiger partial charge in [-0.1, -0.05) is 32.8 Å². The molecule has 0 aromatic carbocycles. The van der Waals surface area contributed by atoms with E-state index in [-0.39, 0.29) is 5.97 Å². The van der Waals surface area contributed by atoms with Gasteiger partial charge in [-0.3, -0.25) is 0 Å². The summed E-state index contributed by atoms with van der Waals surface area (Å²) in [6, 6.07) is 0. The monoisotopic (exact) mass is 298 g/mol. The summed E-state index contributed by atoms with van der Waals surface area (Å²) in [6.07, 6.45) is 8.58. The fourth-order valence-corrected chi connectivity index (χ4v) is 2.56. The van der Waals surface area contributed by atoms with Gasteiger partial charge in [-0.15, -0.1) is 0 Å². The Kier molecular flexibility index (Phi) is 11.3. The van der Waals surface area contributed by atoms with E-state index in [2.05, 4.69) is 27.5 Å². The lowest BCUT2D eigenvalue weighted by Gasteiger charge is -2.33. The van der Waals surface area contributed by atoms with E-state index in [4.69, 9.17) is 4.74 Å². The first kappa shape index (κ1) is 20.2. The van der Waals surface area contributed by atoms with E-state index < -0.39 is 0 Å². The highest BCUT2D eigenvalue weighted by molar-refractivity contribution is 5.86. The Balaban J connectivity index is 3.44. The molecule has 0 saturated carbocycles. The number of hydrogen-bond acceptors (Lipinski definition) is 2. The Labute approximate surface area is 131 Å². The summed E-state index contributed by atoms with van der Waals surface area (Å²) in [7, 11) is 2.37. The molecule has 0 fully saturated rings. The van der Waals surface area contributed by atoms with Crippen molar-refractivity contribution in [1.82, 2.24) is 0 Å². The minimum atomic E-state index is -0.262. The Morgan fingerprint density at radius 1 is 1.00 bits per heavy atom. The lowest BCUT2D eigenvalue weighted by molar-refractivity contribution is -0.908. The molecule has 0 N–H and O–H groups in total. The molecule has 1 unspecified atom stereocenters. The van der Waals surface area contributed by atoms with Crippen LogP contribution in [-0.4, -0.2) is 43.7 Å². The third-order valence-corrected chi connectivity index (χ3v) is 4.20. The summed E-state index contributed by atoms with van der Waals surface area (Å²) in [5.41, 5.74) is 0.485. The maximum absolute atomic E-state index is 11.2. The number of unbranched alkanes of at least 4 members (excludes halogenated alkanes) is 5. The van der Waals surface area contributed by atoms with Crippen LogP contribution in [0.3, 0.4) is 0 Å². The van der Waals surface area contributed by atoms with Crippen LogP contribution in [-0.2, 0) is 9.53 Å². The van der Waals surface area contributed by atoms with Crippen molar-refractivity contribution in [3.05, 3.63) is 12.2 Å². The first-order chi connectivity index (χ1) is 9.95. The number of carbonyl (C=O) groups is 1. The zero-order valence-corrected chi connectivity index (χ0v) is 14.7. The van der Waals surface area contributed by atoms with Gasteiger partial charge in [0.05, 0.1) is 33.3 Å². The lowest BCUT2D eigenvalue weighted by Crippen LogP contribution is -2.45. The maximum atomic E-state index is 11.2. The second kappa shape index (κ2) is 11.8. The molecule has 0 aliphatic rings. The molecule has 3 heteroatoms. The fourth-order valence-electron chi connectivity index (χ4n) is 2.56. The largest absolute Gasteiger partial charge is 0.462 e. The van der Waals surface area contributed by atoms with E-state index in [0.717, 1.165) is 12.8 Å². The molecule has 0 rings (SSSR count). The van der Waals surface area contributed by atoms with Gasteiger partial charge < -0.3 is 9.22 Å². The third kappa shape index (κ3) is 10.5. The van der Waals surface area contributed by atoms with Crippen LogP contribution in [0, 0.1) is 0 Å². The number of quaternary nitrogens is 1. The second-order valence-corrected chi connectivity index (χ2v) is 6.42. The van der Waals surface area contributed by atoms with Crippen molar-refractivity contribution in [2.75, 3.05) is 33.3 Å². The van der Waals surface area contributed by atoms with Crippen molar-refractivity contribution in [2.24, 2.45) is 0 Å². The predicted octanol–water partition coefficient (Wildman–Crippen LogP) is 4.32. The number of nitrogens with zero attached hydrogens (tertiary/aromatic N) is 1. The van der Waals surface area contributed by atoms with Crippen LogP contribution in [0.4, 0.5) is 0 Å². The SMILES string of the molecule is C=C(C)C(=O)OCCCCCCCC[N+](C)(CC)CCC. The Morgan fingerprint density at radius 3 is 2.10 bits per heavy atom. The van der Waals surface area contributed by atoms with Crippen molar-refractivity contribution < 1.29 is 14.0 Å². The third-order valence-electron chi connectivity index (χ3n) is 4.20. The summed E-state index contributed by atoms with van der Waals surface area (Å²) >= 11 is 0. The molecule has 21 heavy (non-hydrogen) atoms. The zero-order valence-electron chi connectivity index (χ0n) is 14.7. The summed E-state index contributed by atoms with van der Waals surface area (Å²) < 4.78 is 6.29. The molecule has 1 atom stereocenters. The molecule has 0 amide bonds. The number of hydrogen-bond donors (Lipinski definition) is 0. The molecular weight excluding hydrogens is 262 g/mol. The van der Waals surface area contributed by atoms with Gasteiger partial charge >= 0.3 is 5.97 Å². The van der Waals surface area contributed by atoms with Crippen molar-refractivity contribution in [2.45, 2.75) is 65.7 Å². The molecule has 0 bridgehead atoms. The Hall–Kier alpha value is -0.830. The molecule has 3 nitrogen and oxygen atoms in total. The van der Waals surface area contributed by atoms with Crippen molar-refractivity contribution >= 4 is 5.97 Å². The number of esters is 1. The smallest absolute Gasteiger partial charge is 0.333 e. The molecule has 0 saturated heterocycles. The first-order valence-corrected chi connectivity index (χ1v) is 8.61. The van der Waals surface area contributed by atoms with E-state index >= 15 is 0 Å². The number of rotatable bonds is 13. The topological polar surface area (TPSA) is 26.3 Å². The Morgan fingerprint density at radius 2 is 1.57 bits per heavy atom. The van der Waals surface area contributed by atoms with Gasteiger partial charge in [-0.2, -0.15) is 0 Å². The van der Waals surface area contributed by atoms with E-state index in [1.54, 1.807) is 6.92 Å². The van der Waals surface area contributed by atoms with E-state index in [1.165, 1.54) is 56.2 Å². The van der Waals surface area contributed by atoms with E-state index in [9.17, 15) is 4.79 Å². The fraction of sp³-hybridized carbons (Fsp3) is 0.833. The van der Waals surface area contributed by atoms with Crippen LogP contribution in [0.2, 0.25) is 0 Å². The summed E-state index contributed by atoms with van der Waals surface area (Å²) in [5, 5.41) is 0. The van der Waals surface area contributed by atoms with Gasteiger partial charge in [0, 0.05) is 5.57 Å². The van der Waals surface area contributed by atoms with Crippen LogP contribution in [0.15, 0.2) is 12.2 Å². The van der Waals surface area contributed by atoms with Crippen LogP contribution in [0.5, 0.6) is 0 Å². The second-order valence-electron chi connectivity index (χ2n) is 6.42. The minimum absolute atomic E-state index is 0.262. The molecule has 0 spiro atoms. The highest BCUT2D eigenvalue weighted by Gasteiger charge is 2.16. The van der Waals surface area contributed by atoms with Crippen LogP contribution < -0.4 is 0 Å². The average molecular weight is 298 g/mol. The summed E-state index contributed by atoms with van der Waals surface area (Å²) in [4.78, 5) is 11.2. The normalized spacial score (nSPS) is 13.7. The highest BCUT2D eigenvalue weighted by atomic mass is 16.5. The van der Waals surface area contributed by atoms with E-state index in [1.807, 2.05) is 0 Å². The molecule has 124 valence electrons. The van der Waals surface area contributed by atoms with Gasteiger partial charge in [-0.05, 0) is 39.5 Å². The predicted molar refractivity (Wildman–Crippen MR) is 90.2 cm³/mol. The zero-order chi connectivity index (χ0) is 16.1. The van der Waals surface area contributed by atoms with Crippen molar-refractivity contribution in [1.29, 1.82) is 0 Å². The van der Waals surface area contributed by atoms with Crippen LogP contribution >= 0.6 is 0 Å². The summed E-state index contributed by atoms with van der Waals surface area (Å²) in [5.74, 6) is -0.262. The van der Waals surface area contributed by atoms with Crippen LogP contribution in [0.1, 0.15) is 65.7 Å². The van der Waals surface area contributed by atoms with E-state index in [0.29, 0.717) is 12.2 Å². The molecule has 0 heterocycles. The van der Waals surface area contributed by atoms with Crippen molar-refractivity contribution in [3.8, 4) is 0 Å². The van der Waals surface area contributed by atoms with Crippen LogP contribution in [0.25, 0.3) is 0 Å². The average Bonchev–Trinajstić information content (AvgIpc) is 2.45. The number of ether oxygens (including phenoxy) is 1. The van der Waals surface area contributed by atoms with Gasteiger partial charge in [0.15, 0.2) is 0 Å². The quantitative estimate of drug-likeness (QED) is 0.219. The van der Waals surface area contributed by atoms with Crippen molar-refractivity contribution in [3.63, 3.8) is 0 Å². The Bertz CT molecular complexity index is 302. The maximum Gasteiger partial charge on any atom is 0.333 e. The lowest BCUT2D eigenvalue weighted by atomic mass is 10.1. The molecular formula is C18H36NO2+. The van der Waals surface area contributed by atoms with Gasteiger partial charge in [-0.25, -0.2) is 4.79 Å². The van der Waals surface area contributed by atoms with Gasteiger partial charge in [0.2, 0.25) is 0 Å². The minimum Gasteiger partial charge on any atom is -0.462 e. The molecule has 0 aliphatic carbocycles. The molecule has 0 aromatic heterocycles. The van der Waals surface area contributed by atoms with Gasteiger partial charge in [0.1, 0.15) is 0 Å². The highest BCUT2D eigenvalue weighted by Crippen LogP contribution is 2.10. The first-order valence-electron chi connectivity index (χ1n) is 8.61. The molecule has 0 aromatic rings.